The molecule has 6 aliphatic heterocycles. The van der Waals surface area contributed by atoms with Gasteiger partial charge in [0, 0.05) is 111 Å². The third-order valence-corrected chi connectivity index (χ3v) is 13.7. The van der Waals surface area contributed by atoms with Crippen LogP contribution in [0.25, 0.3) is 4.85 Å². The molecule has 9 rings (SSSR count). The first-order valence-corrected chi connectivity index (χ1v) is 20.8. The summed E-state index contributed by atoms with van der Waals surface area (Å²) in [6, 6.07) is 17.8. The lowest BCUT2D eigenvalue weighted by atomic mass is 9.77. The maximum Gasteiger partial charge on any atom is 0.262 e. The molecule has 1 spiro atoms. The van der Waals surface area contributed by atoms with Crippen molar-refractivity contribution in [2.75, 3.05) is 73.6 Å². The van der Waals surface area contributed by atoms with Crippen molar-refractivity contribution in [2.45, 2.75) is 57.0 Å². The third kappa shape index (κ3) is 7.20. The highest BCUT2D eigenvalue weighted by molar-refractivity contribution is 6.33. The van der Waals surface area contributed by atoms with Crippen molar-refractivity contribution in [2.24, 2.45) is 5.41 Å². The normalized spacial score (nSPS) is 22.6. The van der Waals surface area contributed by atoms with Crippen molar-refractivity contribution in [3.8, 4) is 0 Å². The van der Waals surface area contributed by atoms with Gasteiger partial charge < -0.3 is 19.6 Å². The summed E-state index contributed by atoms with van der Waals surface area (Å²) in [6.07, 6.45) is 4.34. The van der Waals surface area contributed by atoms with Gasteiger partial charge in [-0.1, -0.05) is 17.7 Å². The standard InChI is InChI=1S/C44H45ClN8O6/c1-46-36-9-7-32(25-35(36)45)52-27-44(26-39(52)55)14-18-49(19-15-44)29-4-2-28(3-5-29)41(57)51-22-20-50(21-23-51)30-12-16-48(17-13-30)31-6-8-33-34(24-31)43(59)53(42(33)58)37-10-11-38(54)47-40(37)56/h2-9,24-25,30,37H,10-23,26-27H2,(H,47,54,56). The van der Waals surface area contributed by atoms with Gasteiger partial charge in [-0.25, -0.2) is 4.85 Å². The van der Waals surface area contributed by atoms with Crippen molar-refractivity contribution < 1.29 is 28.8 Å². The molecule has 0 aromatic heterocycles. The van der Waals surface area contributed by atoms with Crippen molar-refractivity contribution in [3.63, 3.8) is 0 Å². The summed E-state index contributed by atoms with van der Waals surface area (Å²) in [5.74, 6) is -1.89. The summed E-state index contributed by atoms with van der Waals surface area (Å²) in [4.78, 5) is 92.5. The molecule has 0 aliphatic carbocycles. The first kappa shape index (κ1) is 38.7. The van der Waals surface area contributed by atoms with E-state index in [2.05, 4.69) is 24.9 Å². The molecule has 5 fully saturated rings. The summed E-state index contributed by atoms with van der Waals surface area (Å²) < 4.78 is 0. The number of nitrogens with one attached hydrogen (secondary N) is 1. The van der Waals surface area contributed by atoms with Crippen LogP contribution in [0.15, 0.2) is 60.7 Å². The number of nitrogens with zero attached hydrogens (tertiary/aromatic N) is 7. The molecular formula is C44H45ClN8O6. The second-order valence-electron chi connectivity index (χ2n) is 16.7. The zero-order valence-electron chi connectivity index (χ0n) is 32.7. The Labute approximate surface area is 347 Å². The number of carbonyl (C=O) groups is 6. The van der Waals surface area contributed by atoms with Crippen LogP contribution in [-0.2, 0) is 14.4 Å². The number of hydrogen-bond donors (Lipinski definition) is 1. The van der Waals surface area contributed by atoms with Crippen LogP contribution in [0.4, 0.5) is 22.7 Å². The summed E-state index contributed by atoms with van der Waals surface area (Å²) >= 11 is 6.28. The lowest BCUT2D eigenvalue weighted by molar-refractivity contribution is -0.136. The maximum absolute atomic E-state index is 13.6. The summed E-state index contributed by atoms with van der Waals surface area (Å²) in [5, 5.41) is 2.60. The minimum absolute atomic E-state index is 0.0403. The fourth-order valence-corrected chi connectivity index (χ4v) is 10.1. The number of piperazine rings is 1. The smallest absolute Gasteiger partial charge is 0.262 e. The van der Waals surface area contributed by atoms with Gasteiger partial charge in [0.05, 0.1) is 17.7 Å². The molecule has 59 heavy (non-hydrogen) atoms. The van der Waals surface area contributed by atoms with Crippen LogP contribution in [0.5, 0.6) is 0 Å². The largest absolute Gasteiger partial charge is 0.371 e. The van der Waals surface area contributed by atoms with Gasteiger partial charge in [0.1, 0.15) is 6.04 Å². The van der Waals surface area contributed by atoms with E-state index >= 15 is 0 Å². The van der Waals surface area contributed by atoms with Gasteiger partial charge in [0.15, 0.2) is 0 Å². The average molecular weight is 817 g/mol. The zero-order valence-corrected chi connectivity index (χ0v) is 33.5. The zero-order chi connectivity index (χ0) is 41.0. The molecule has 1 unspecified atom stereocenters. The molecular weight excluding hydrogens is 772 g/mol. The number of amides is 6. The van der Waals surface area contributed by atoms with E-state index in [4.69, 9.17) is 18.2 Å². The second kappa shape index (κ2) is 15.4. The Hall–Kier alpha value is -5.78. The molecule has 304 valence electrons. The van der Waals surface area contributed by atoms with Gasteiger partial charge in [-0.15, -0.1) is 0 Å². The number of imide groups is 2. The molecule has 6 aliphatic rings. The van der Waals surface area contributed by atoms with Gasteiger partial charge in [-0.2, -0.15) is 0 Å². The van der Waals surface area contributed by atoms with Crippen LogP contribution in [0.2, 0.25) is 5.02 Å². The molecule has 3 aromatic rings. The molecule has 0 radical (unpaired) electrons. The molecule has 14 nitrogen and oxygen atoms in total. The third-order valence-electron chi connectivity index (χ3n) is 13.4. The van der Waals surface area contributed by atoms with Gasteiger partial charge in [0.2, 0.25) is 23.4 Å². The highest BCUT2D eigenvalue weighted by Crippen LogP contribution is 2.44. The number of rotatable bonds is 6. The Morgan fingerprint density at radius 2 is 1.41 bits per heavy atom. The van der Waals surface area contributed by atoms with E-state index in [0.717, 1.165) is 86.9 Å². The Morgan fingerprint density at radius 1 is 0.746 bits per heavy atom. The molecule has 6 heterocycles. The van der Waals surface area contributed by atoms with E-state index in [1.807, 2.05) is 40.1 Å². The fraction of sp³-hybridized carbons (Fsp3) is 0.432. The second-order valence-corrected chi connectivity index (χ2v) is 17.1. The van der Waals surface area contributed by atoms with Gasteiger partial charge in [-0.05, 0) is 86.7 Å². The Bertz CT molecular complexity index is 2290. The van der Waals surface area contributed by atoms with Crippen LogP contribution >= 0.6 is 11.6 Å². The minimum atomic E-state index is -0.986. The van der Waals surface area contributed by atoms with Gasteiger partial charge in [-0.3, -0.25) is 43.9 Å². The lowest BCUT2D eigenvalue weighted by Crippen LogP contribution is -2.54. The fourth-order valence-electron chi connectivity index (χ4n) is 9.89. The van der Waals surface area contributed by atoms with Crippen LogP contribution in [0.1, 0.15) is 76.0 Å². The highest BCUT2D eigenvalue weighted by Gasteiger charge is 2.46. The van der Waals surface area contributed by atoms with E-state index in [1.54, 1.807) is 30.3 Å². The van der Waals surface area contributed by atoms with Crippen molar-refractivity contribution in [1.29, 1.82) is 0 Å². The number of piperidine rings is 3. The van der Waals surface area contributed by atoms with E-state index in [1.165, 1.54) is 0 Å². The Morgan fingerprint density at radius 3 is 2.08 bits per heavy atom. The number of fused-ring (bicyclic) bond motifs is 1. The molecule has 0 saturated carbocycles. The molecule has 1 atom stereocenters. The molecule has 0 bridgehead atoms. The predicted molar refractivity (Wildman–Crippen MR) is 221 cm³/mol. The SMILES string of the molecule is [C-]#[N+]c1ccc(N2CC3(CCN(c4ccc(C(=O)N5CCN(C6CCN(c7ccc8c(c7)C(=O)N(C7CCC(=O)NC7=O)C8=O)CC6)CC5)cc4)CC3)CC2=O)cc1Cl. The first-order chi connectivity index (χ1) is 28.5. The quantitative estimate of drug-likeness (QED) is 0.276. The van der Waals surface area contributed by atoms with E-state index in [9.17, 15) is 28.8 Å². The summed E-state index contributed by atoms with van der Waals surface area (Å²) in [5.41, 5.74) is 4.22. The van der Waals surface area contributed by atoms with Crippen LogP contribution in [0.3, 0.4) is 0 Å². The van der Waals surface area contributed by atoms with Crippen molar-refractivity contribution in [1.82, 2.24) is 20.0 Å². The van der Waals surface area contributed by atoms with E-state index in [-0.39, 0.29) is 35.6 Å². The van der Waals surface area contributed by atoms with Crippen LogP contribution < -0.4 is 20.0 Å². The summed E-state index contributed by atoms with van der Waals surface area (Å²) in [7, 11) is 0. The summed E-state index contributed by atoms with van der Waals surface area (Å²) in [6.45, 7) is 14.0. The molecule has 15 heteroatoms. The number of anilines is 3. The number of benzene rings is 3. The molecule has 6 amide bonds. The number of hydrogen-bond acceptors (Lipinski definition) is 9. The van der Waals surface area contributed by atoms with Crippen molar-refractivity contribution in [3.05, 3.63) is 93.8 Å². The van der Waals surface area contributed by atoms with Gasteiger partial charge >= 0.3 is 0 Å². The Balaban J connectivity index is 0.736. The van der Waals surface area contributed by atoms with Crippen LogP contribution in [0, 0.1) is 12.0 Å². The Kier molecular flexibility index (Phi) is 10.1. The molecule has 3 aromatic carbocycles. The predicted octanol–water partition coefficient (Wildman–Crippen LogP) is 4.74. The monoisotopic (exact) mass is 816 g/mol. The highest BCUT2D eigenvalue weighted by atomic mass is 35.5. The first-order valence-electron chi connectivity index (χ1n) is 20.5. The van der Waals surface area contributed by atoms with E-state index < -0.39 is 29.7 Å². The number of halogens is 1. The molecule has 1 N–H and O–H groups in total. The molecule has 5 saturated heterocycles. The van der Waals surface area contributed by atoms with Gasteiger partial charge in [0.25, 0.3) is 17.7 Å². The van der Waals surface area contributed by atoms with Crippen LogP contribution in [-0.4, -0.2) is 121 Å². The average Bonchev–Trinajstić information content (AvgIpc) is 3.71. The van der Waals surface area contributed by atoms with E-state index in [0.29, 0.717) is 53.9 Å². The topological polar surface area (TPSA) is 138 Å². The minimum Gasteiger partial charge on any atom is -0.371 e. The lowest BCUT2D eigenvalue weighted by Gasteiger charge is -2.43. The maximum atomic E-state index is 13.6. The number of carbonyl (C=O) groups excluding carboxylic acids is 6. The van der Waals surface area contributed by atoms with Crippen molar-refractivity contribution >= 4 is 69.8 Å².